The second-order valence-corrected chi connectivity index (χ2v) is 12.9. The SMILES string of the molecule is CC/C=C(\c1c(C(C)C)ccc(NS(=O)(=O)N2CCCC2)c1F)c1c[nH]c2ncc(-c3cnc(C4CC4)nc3)cc12.CF. The molecule has 1 aliphatic heterocycles. The van der Waals surface area contributed by atoms with Crippen molar-refractivity contribution in [2.24, 2.45) is 0 Å². The minimum atomic E-state index is -3.86. The molecular weight excluding hydrogens is 570 g/mol. The highest BCUT2D eigenvalue weighted by Crippen LogP contribution is 2.40. The van der Waals surface area contributed by atoms with E-state index in [2.05, 4.69) is 24.7 Å². The van der Waals surface area contributed by atoms with E-state index in [9.17, 15) is 12.8 Å². The fourth-order valence-corrected chi connectivity index (χ4v) is 6.83. The van der Waals surface area contributed by atoms with Gasteiger partial charge in [0.05, 0.1) is 12.9 Å². The normalized spacial score (nSPS) is 16.0. The van der Waals surface area contributed by atoms with Crippen LogP contribution in [0.3, 0.4) is 0 Å². The van der Waals surface area contributed by atoms with E-state index in [-0.39, 0.29) is 11.6 Å². The molecule has 0 atom stereocenters. The van der Waals surface area contributed by atoms with Gasteiger partial charge in [-0.15, -0.1) is 0 Å². The Hall–Kier alpha value is -3.70. The zero-order chi connectivity index (χ0) is 30.7. The molecule has 11 heteroatoms. The van der Waals surface area contributed by atoms with Crippen molar-refractivity contribution in [3.63, 3.8) is 0 Å². The largest absolute Gasteiger partial charge is 0.346 e. The minimum absolute atomic E-state index is 0.00465. The fourth-order valence-electron chi connectivity index (χ4n) is 5.53. The molecule has 0 spiro atoms. The summed E-state index contributed by atoms with van der Waals surface area (Å²) in [4.78, 5) is 17.0. The topological polar surface area (TPSA) is 104 Å². The van der Waals surface area contributed by atoms with Crippen LogP contribution in [0.4, 0.5) is 14.5 Å². The van der Waals surface area contributed by atoms with Gasteiger partial charge in [-0.05, 0) is 61.3 Å². The van der Waals surface area contributed by atoms with Crippen molar-refractivity contribution in [1.29, 1.82) is 0 Å². The zero-order valence-corrected chi connectivity index (χ0v) is 25.8. The molecular formula is C32H38F2N6O2S. The number of H-pyrrole nitrogens is 1. The monoisotopic (exact) mass is 608 g/mol. The van der Waals surface area contributed by atoms with Crippen LogP contribution >= 0.6 is 0 Å². The van der Waals surface area contributed by atoms with Crippen LogP contribution in [0.5, 0.6) is 0 Å². The molecule has 228 valence electrons. The van der Waals surface area contributed by atoms with E-state index in [4.69, 9.17) is 0 Å². The summed E-state index contributed by atoms with van der Waals surface area (Å²) in [7, 11) is -3.36. The maximum Gasteiger partial charge on any atom is 0.301 e. The number of pyridine rings is 1. The Morgan fingerprint density at radius 1 is 1.09 bits per heavy atom. The van der Waals surface area contributed by atoms with Crippen molar-refractivity contribution in [1.82, 2.24) is 24.2 Å². The Bertz CT molecular complexity index is 1720. The molecule has 4 heterocycles. The van der Waals surface area contributed by atoms with Gasteiger partial charge in [-0.3, -0.25) is 9.11 Å². The van der Waals surface area contributed by atoms with Gasteiger partial charge in [0.2, 0.25) is 0 Å². The van der Waals surface area contributed by atoms with Crippen molar-refractivity contribution < 1.29 is 17.2 Å². The van der Waals surface area contributed by atoms with Crippen LogP contribution in [-0.2, 0) is 10.2 Å². The van der Waals surface area contributed by atoms with Crippen LogP contribution in [0.2, 0.25) is 0 Å². The van der Waals surface area contributed by atoms with Crippen LogP contribution in [0.25, 0.3) is 27.7 Å². The second kappa shape index (κ2) is 12.9. The smallest absolute Gasteiger partial charge is 0.301 e. The molecule has 1 aliphatic carbocycles. The molecule has 0 amide bonds. The number of nitrogens with one attached hydrogen (secondary N) is 2. The number of benzene rings is 1. The van der Waals surface area contributed by atoms with E-state index in [1.165, 1.54) is 10.4 Å². The van der Waals surface area contributed by atoms with E-state index in [1.807, 2.05) is 57.6 Å². The number of anilines is 1. The van der Waals surface area contributed by atoms with E-state index >= 15 is 4.39 Å². The predicted molar refractivity (Wildman–Crippen MR) is 167 cm³/mol. The number of alkyl halides is 1. The molecule has 3 aromatic heterocycles. The minimum Gasteiger partial charge on any atom is -0.346 e. The molecule has 2 fully saturated rings. The van der Waals surface area contributed by atoms with Gasteiger partial charge in [-0.2, -0.15) is 12.7 Å². The maximum absolute atomic E-state index is 16.5. The number of rotatable bonds is 9. The third-order valence-electron chi connectivity index (χ3n) is 7.89. The lowest BCUT2D eigenvalue weighted by atomic mass is 9.87. The van der Waals surface area contributed by atoms with Gasteiger partial charge in [0, 0.05) is 71.4 Å². The lowest BCUT2D eigenvalue weighted by Crippen LogP contribution is -2.33. The number of halogens is 2. The standard InChI is InChI=1S/C31H35FN6O2S.CH3F/c1-4-7-24(28-23(19(2)3)10-11-27(29(28)32)37-41(39,40)38-12-5-6-13-38)26-18-36-31-25(26)14-21(15-35-31)22-16-33-30(34-17-22)20-8-9-20;1-2/h7,10-11,14-20,37H,4-6,8-9,12-13H2,1-3H3,(H,35,36);1H3/b24-7-;. The quantitative estimate of drug-likeness (QED) is 0.207. The number of aromatic amines is 1. The molecule has 2 N–H and O–H groups in total. The number of hydrogen-bond acceptors (Lipinski definition) is 5. The average molecular weight is 609 g/mol. The molecule has 0 bridgehead atoms. The number of hydrogen-bond donors (Lipinski definition) is 2. The summed E-state index contributed by atoms with van der Waals surface area (Å²) >= 11 is 0. The van der Waals surface area contributed by atoms with Gasteiger partial charge < -0.3 is 4.98 Å². The van der Waals surface area contributed by atoms with E-state index in [1.54, 1.807) is 6.20 Å². The summed E-state index contributed by atoms with van der Waals surface area (Å²) in [6.07, 6.45) is 13.9. The van der Waals surface area contributed by atoms with Crippen LogP contribution in [0.1, 0.15) is 87.2 Å². The number of allylic oxidation sites excluding steroid dienone is 1. The molecule has 0 unspecified atom stereocenters. The van der Waals surface area contributed by atoms with Crippen molar-refractivity contribution >= 4 is 32.5 Å². The summed E-state index contributed by atoms with van der Waals surface area (Å²) in [6.45, 7) is 6.90. The number of fused-ring (bicyclic) bond motifs is 1. The first-order valence-corrected chi connectivity index (χ1v) is 16.2. The van der Waals surface area contributed by atoms with Gasteiger partial charge in [-0.25, -0.2) is 19.3 Å². The number of nitrogens with zero attached hydrogens (tertiary/aromatic N) is 4. The van der Waals surface area contributed by atoms with E-state index in [0.29, 0.717) is 49.4 Å². The van der Waals surface area contributed by atoms with Crippen LogP contribution in [0.15, 0.2) is 49.1 Å². The predicted octanol–water partition coefficient (Wildman–Crippen LogP) is 7.34. The summed E-state index contributed by atoms with van der Waals surface area (Å²) < 4.78 is 56.0. The Balaban J connectivity index is 0.00000180. The molecule has 4 aromatic rings. The van der Waals surface area contributed by atoms with Crippen LogP contribution in [-0.4, -0.2) is 52.9 Å². The zero-order valence-electron chi connectivity index (χ0n) is 25.0. The first kappa shape index (κ1) is 30.7. The molecule has 1 saturated carbocycles. The van der Waals surface area contributed by atoms with Gasteiger partial charge in [0.15, 0.2) is 5.82 Å². The van der Waals surface area contributed by atoms with Crippen LogP contribution < -0.4 is 4.72 Å². The molecule has 1 saturated heterocycles. The highest BCUT2D eigenvalue weighted by atomic mass is 32.2. The van der Waals surface area contributed by atoms with Gasteiger partial charge in [-0.1, -0.05) is 32.9 Å². The third kappa shape index (κ3) is 6.33. The van der Waals surface area contributed by atoms with Crippen molar-refractivity contribution in [2.75, 3.05) is 25.0 Å². The highest BCUT2D eigenvalue weighted by molar-refractivity contribution is 7.90. The highest BCUT2D eigenvalue weighted by Gasteiger charge is 2.29. The molecule has 2 aliphatic rings. The van der Waals surface area contributed by atoms with Crippen molar-refractivity contribution in [2.45, 2.75) is 64.7 Å². The molecule has 8 nitrogen and oxygen atoms in total. The summed E-state index contributed by atoms with van der Waals surface area (Å²) in [5.41, 5.74) is 5.05. The summed E-state index contributed by atoms with van der Waals surface area (Å²) in [5.74, 6) is 0.782. The van der Waals surface area contributed by atoms with Gasteiger partial charge in [0.25, 0.3) is 0 Å². The summed E-state index contributed by atoms with van der Waals surface area (Å²) in [5, 5.41) is 0.839. The Labute approximate surface area is 251 Å². The molecule has 1 aromatic carbocycles. The van der Waals surface area contributed by atoms with Gasteiger partial charge in [0.1, 0.15) is 11.5 Å². The van der Waals surface area contributed by atoms with Crippen molar-refractivity contribution in [3.8, 4) is 11.1 Å². The lowest BCUT2D eigenvalue weighted by molar-refractivity contribution is 0.482. The molecule has 6 rings (SSSR count). The molecule has 0 radical (unpaired) electrons. The maximum atomic E-state index is 16.5. The average Bonchev–Trinajstić information content (AvgIpc) is 3.53. The Morgan fingerprint density at radius 3 is 2.40 bits per heavy atom. The number of aromatic nitrogens is 4. The van der Waals surface area contributed by atoms with Gasteiger partial charge >= 0.3 is 10.2 Å². The first-order chi connectivity index (χ1) is 20.8. The molecule has 43 heavy (non-hydrogen) atoms. The second-order valence-electron chi connectivity index (χ2n) is 11.2. The first-order valence-electron chi connectivity index (χ1n) is 14.7. The Kier molecular flexibility index (Phi) is 9.22. The fraction of sp³-hybridized carbons (Fsp3) is 0.406. The lowest BCUT2D eigenvalue weighted by Gasteiger charge is -2.21. The van der Waals surface area contributed by atoms with E-state index < -0.39 is 16.0 Å². The van der Waals surface area contributed by atoms with Crippen LogP contribution in [0, 0.1) is 5.82 Å². The van der Waals surface area contributed by atoms with E-state index in [0.717, 1.165) is 59.1 Å². The summed E-state index contributed by atoms with van der Waals surface area (Å²) in [6, 6.07) is 5.39. The van der Waals surface area contributed by atoms with Crippen molar-refractivity contribution in [3.05, 3.63) is 77.4 Å². The Morgan fingerprint density at radius 2 is 1.77 bits per heavy atom. The third-order valence-corrected chi connectivity index (χ3v) is 9.41.